The first-order valence-corrected chi connectivity index (χ1v) is 8.67. The van der Waals surface area contributed by atoms with Crippen LogP contribution in [0.15, 0.2) is 18.2 Å². The van der Waals surface area contributed by atoms with E-state index in [9.17, 15) is 9.59 Å². The monoisotopic (exact) mass is 329 g/mol. The van der Waals surface area contributed by atoms with Gasteiger partial charge in [0.15, 0.2) is 5.78 Å². The predicted molar refractivity (Wildman–Crippen MR) is 88.3 cm³/mol. The molecule has 1 spiro atoms. The second-order valence-electron chi connectivity index (χ2n) is 7.26. The van der Waals surface area contributed by atoms with Crippen molar-refractivity contribution in [3.8, 4) is 5.75 Å². The fraction of sp³-hybridized carbons (Fsp3) is 0.579. The lowest BCUT2D eigenvalue weighted by molar-refractivity contribution is -0.134. The van der Waals surface area contributed by atoms with Crippen LogP contribution in [0.3, 0.4) is 0 Å². The maximum absolute atomic E-state index is 12.7. The van der Waals surface area contributed by atoms with Crippen molar-refractivity contribution in [3.05, 3.63) is 29.3 Å². The zero-order valence-electron chi connectivity index (χ0n) is 14.2. The van der Waals surface area contributed by atoms with Crippen LogP contribution in [0, 0.1) is 6.92 Å². The van der Waals surface area contributed by atoms with Crippen LogP contribution in [0.5, 0.6) is 5.75 Å². The van der Waals surface area contributed by atoms with Crippen LogP contribution in [0.2, 0.25) is 0 Å². The summed E-state index contributed by atoms with van der Waals surface area (Å²) in [6.45, 7) is 2.41. The number of benzene rings is 1. The van der Waals surface area contributed by atoms with Gasteiger partial charge in [0.1, 0.15) is 11.4 Å². The molecule has 0 unspecified atom stereocenters. The van der Waals surface area contributed by atoms with Gasteiger partial charge in [0.05, 0.1) is 31.1 Å². The molecular formula is C19H23NO4. The molecule has 0 radical (unpaired) electrons. The number of ether oxygens (including phenoxy) is 2. The van der Waals surface area contributed by atoms with Gasteiger partial charge in [-0.15, -0.1) is 0 Å². The minimum atomic E-state index is -0.537. The smallest absolute Gasteiger partial charge is 0.225 e. The van der Waals surface area contributed by atoms with E-state index in [1.165, 1.54) is 0 Å². The molecule has 5 nitrogen and oxygen atoms in total. The molecule has 4 rings (SSSR count). The van der Waals surface area contributed by atoms with Crippen LogP contribution < -0.4 is 4.74 Å². The molecule has 1 aromatic carbocycles. The largest absolute Gasteiger partial charge is 0.484 e. The normalized spacial score (nSPS) is 30.6. The number of methoxy groups -OCH3 is 1. The number of Topliss-reactive ketones (excluding diaryl/α,β-unsaturated/α-hetero) is 1. The van der Waals surface area contributed by atoms with Gasteiger partial charge in [-0.25, -0.2) is 0 Å². The van der Waals surface area contributed by atoms with E-state index in [-0.39, 0.29) is 23.8 Å². The number of ketones is 1. The molecule has 3 heterocycles. The number of amides is 1. The van der Waals surface area contributed by atoms with Crippen LogP contribution in [0.1, 0.15) is 48.0 Å². The molecule has 0 aliphatic carbocycles. The van der Waals surface area contributed by atoms with E-state index >= 15 is 0 Å². The molecule has 1 aromatic rings. The number of fused-ring (bicyclic) bond motifs is 4. The number of carbonyl (C=O) groups is 2. The molecule has 3 aliphatic heterocycles. The van der Waals surface area contributed by atoms with Crippen molar-refractivity contribution in [1.82, 2.24) is 4.90 Å². The highest BCUT2D eigenvalue weighted by Gasteiger charge is 2.61. The molecule has 0 aromatic heterocycles. The summed E-state index contributed by atoms with van der Waals surface area (Å²) in [7, 11) is 1.61. The number of carbonyl (C=O) groups excluding carboxylic acids is 2. The van der Waals surface area contributed by atoms with Crippen molar-refractivity contribution in [2.24, 2.45) is 0 Å². The third kappa shape index (κ3) is 2.25. The van der Waals surface area contributed by atoms with Crippen LogP contribution >= 0.6 is 0 Å². The molecule has 1 amide bonds. The number of hydrogen-bond acceptors (Lipinski definition) is 4. The predicted octanol–water partition coefficient (Wildman–Crippen LogP) is 2.50. The van der Waals surface area contributed by atoms with E-state index in [4.69, 9.17) is 9.47 Å². The van der Waals surface area contributed by atoms with Crippen molar-refractivity contribution in [2.75, 3.05) is 13.7 Å². The quantitative estimate of drug-likeness (QED) is 0.855. The third-order valence-electron chi connectivity index (χ3n) is 5.71. The number of nitrogens with zero attached hydrogens (tertiary/aromatic N) is 1. The minimum Gasteiger partial charge on any atom is -0.484 e. The van der Waals surface area contributed by atoms with Crippen LogP contribution in [0.4, 0.5) is 0 Å². The summed E-state index contributed by atoms with van der Waals surface area (Å²) in [5.74, 6) is 0.928. The second-order valence-corrected chi connectivity index (χ2v) is 7.26. The van der Waals surface area contributed by atoms with E-state index in [0.717, 1.165) is 24.8 Å². The van der Waals surface area contributed by atoms with Crippen molar-refractivity contribution >= 4 is 11.7 Å². The summed E-state index contributed by atoms with van der Waals surface area (Å²) in [6, 6.07) is 5.97. The molecule has 2 fully saturated rings. The van der Waals surface area contributed by atoms with Gasteiger partial charge >= 0.3 is 0 Å². The summed E-state index contributed by atoms with van der Waals surface area (Å²) in [4.78, 5) is 27.3. The van der Waals surface area contributed by atoms with Gasteiger partial charge < -0.3 is 14.4 Å². The number of rotatable bonds is 3. The molecule has 0 saturated carbocycles. The Balaban J connectivity index is 1.62. The van der Waals surface area contributed by atoms with E-state index in [1.54, 1.807) is 7.11 Å². The molecular weight excluding hydrogens is 306 g/mol. The topological polar surface area (TPSA) is 55.8 Å². The first kappa shape index (κ1) is 15.6. The van der Waals surface area contributed by atoms with Gasteiger partial charge in [-0.05, 0) is 31.9 Å². The molecule has 2 bridgehead atoms. The molecule has 128 valence electrons. The molecule has 0 N–H and O–H groups in total. The lowest BCUT2D eigenvalue weighted by atomic mass is 9.78. The molecule has 24 heavy (non-hydrogen) atoms. The second kappa shape index (κ2) is 5.59. The minimum absolute atomic E-state index is 0.00487. The van der Waals surface area contributed by atoms with Crippen LogP contribution in [0.25, 0.3) is 0 Å². The highest BCUT2D eigenvalue weighted by atomic mass is 16.5. The van der Waals surface area contributed by atoms with Gasteiger partial charge in [0.25, 0.3) is 0 Å². The van der Waals surface area contributed by atoms with Gasteiger partial charge in [-0.3, -0.25) is 9.59 Å². The molecule has 3 atom stereocenters. The maximum Gasteiger partial charge on any atom is 0.225 e. The fourth-order valence-corrected chi connectivity index (χ4v) is 4.70. The van der Waals surface area contributed by atoms with Crippen LogP contribution in [-0.4, -0.2) is 48.0 Å². The Kier molecular flexibility index (Phi) is 3.64. The van der Waals surface area contributed by atoms with E-state index < -0.39 is 5.60 Å². The van der Waals surface area contributed by atoms with E-state index in [2.05, 4.69) is 0 Å². The lowest BCUT2D eigenvalue weighted by Gasteiger charge is -2.40. The highest BCUT2D eigenvalue weighted by Crippen LogP contribution is 2.51. The SMILES string of the molecule is COCCC(=O)N1[C@@H]2CC[C@H]1[C@@]1(CC(=O)c3cc(C)ccc3O1)C2. The highest BCUT2D eigenvalue weighted by molar-refractivity contribution is 6.00. The summed E-state index contributed by atoms with van der Waals surface area (Å²) in [5.41, 5.74) is 1.21. The molecule has 3 aliphatic rings. The Morgan fingerprint density at radius 3 is 3.04 bits per heavy atom. The Bertz CT molecular complexity index is 701. The van der Waals surface area contributed by atoms with Crippen molar-refractivity contribution in [3.63, 3.8) is 0 Å². The van der Waals surface area contributed by atoms with E-state index in [1.807, 2.05) is 30.0 Å². The van der Waals surface area contributed by atoms with Gasteiger partial charge in [0, 0.05) is 19.6 Å². The Morgan fingerprint density at radius 1 is 1.42 bits per heavy atom. The fourth-order valence-electron chi connectivity index (χ4n) is 4.70. The Labute approximate surface area is 141 Å². The zero-order valence-corrected chi connectivity index (χ0v) is 14.2. The van der Waals surface area contributed by atoms with Gasteiger partial charge in [0.2, 0.25) is 5.91 Å². The standard InChI is InChI=1S/C19H23NO4/c1-12-3-5-16-14(9-12)15(21)11-19(24-16)10-13-4-6-17(19)20(13)18(22)7-8-23-2/h3,5,9,13,17H,4,6-8,10-11H2,1-2H3/t13-,17+,19+/m1/s1. The van der Waals surface area contributed by atoms with Gasteiger partial charge in [-0.2, -0.15) is 0 Å². The number of hydrogen-bond donors (Lipinski definition) is 0. The van der Waals surface area contributed by atoms with E-state index in [0.29, 0.717) is 30.8 Å². The van der Waals surface area contributed by atoms with Gasteiger partial charge in [-0.1, -0.05) is 11.6 Å². The Morgan fingerprint density at radius 2 is 2.25 bits per heavy atom. The molecule has 2 saturated heterocycles. The lowest BCUT2D eigenvalue weighted by Crippen LogP contribution is -2.52. The van der Waals surface area contributed by atoms with Crippen molar-refractivity contribution in [1.29, 1.82) is 0 Å². The average molecular weight is 329 g/mol. The van der Waals surface area contributed by atoms with Crippen LogP contribution in [-0.2, 0) is 9.53 Å². The van der Waals surface area contributed by atoms with Crippen molar-refractivity contribution in [2.45, 2.75) is 56.7 Å². The molecule has 5 heteroatoms. The summed E-state index contributed by atoms with van der Waals surface area (Å²) in [6.07, 6.45) is 3.44. The number of aryl methyl sites for hydroxylation is 1. The third-order valence-corrected chi connectivity index (χ3v) is 5.71. The first-order valence-electron chi connectivity index (χ1n) is 8.67. The maximum atomic E-state index is 12.7. The first-order chi connectivity index (χ1) is 11.5. The zero-order chi connectivity index (χ0) is 16.9. The summed E-state index contributed by atoms with van der Waals surface area (Å²) in [5, 5.41) is 0. The van der Waals surface area contributed by atoms with Crippen molar-refractivity contribution < 1.29 is 19.1 Å². The summed E-state index contributed by atoms with van der Waals surface area (Å²) < 4.78 is 11.4. The Hall–Kier alpha value is -1.88. The summed E-state index contributed by atoms with van der Waals surface area (Å²) >= 11 is 0. The average Bonchev–Trinajstić information content (AvgIpc) is 3.09.